The molecule has 4 nitrogen and oxygen atoms in total. The van der Waals surface area contributed by atoms with Gasteiger partial charge in [0.2, 0.25) is 0 Å². The summed E-state index contributed by atoms with van der Waals surface area (Å²) in [6, 6.07) is 0.274. The molecule has 3 unspecified atom stereocenters. The maximum atomic E-state index is 10.3. The molecule has 0 aromatic rings. The van der Waals surface area contributed by atoms with E-state index in [0.717, 1.165) is 39.3 Å². The summed E-state index contributed by atoms with van der Waals surface area (Å²) in [5.74, 6) is 0.337. The minimum Gasteiger partial charge on any atom is -0.391 e. The van der Waals surface area contributed by atoms with Gasteiger partial charge in [0.05, 0.1) is 12.7 Å². The number of hydrogen-bond acceptors (Lipinski definition) is 4. The molecular formula is C11H22N2O2. The van der Waals surface area contributed by atoms with E-state index in [1.54, 1.807) is 0 Å². The lowest BCUT2D eigenvalue weighted by molar-refractivity contribution is -0.0176. The van der Waals surface area contributed by atoms with E-state index in [2.05, 4.69) is 23.9 Å². The first-order valence-corrected chi connectivity index (χ1v) is 5.83. The van der Waals surface area contributed by atoms with E-state index in [0.29, 0.717) is 5.92 Å². The highest BCUT2D eigenvalue weighted by Crippen LogP contribution is 2.22. The zero-order valence-corrected chi connectivity index (χ0v) is 9.72. The molecule has 0 aliphatic carbocycles. The molecule has 1 N–H and O–H groups in total. The van der Waals surface area contributed by atoms with E-state index in [4.69, 9.17) is 4.74 Å². The Labute approximate surface area is 91.8 Å². The van der Waals surface area contributed by atoms with Crippen molar-refractivity contribution in [3.05, 3.63) is 0 Å². The Balaban J connectivity index is 1.94. The van der Waals surface area contributed by atoms with Crippen molar-refractivity contribution in [2.45, 2.75) is 18.6 Å². The normalized spacial score (nSPS) is 37.0. The molecular weight excluding hydrogens is 192 g/mol. The molecule has 2 rings (SSSR count). The van der Waals surface area contributed by atoms with Gasteiger partial charge in [-0.1, -0.05) is 0 Å². The van der Waals surface area contributed by atoms with Gasteiger partial charge in [-0.05, 0) is 20.5 Å². The summed E-state index contributed by atoms with van der Waals surface area (Å²) in [4.78, 5) is 4.58. The van der Waals surface area contributed by atoms with E-state index in [-0.39, 0.29) is 12.1 Å². The van der Waals surface area contributed by atoms with Crippen LogP contribution < -0.4 is 0 Å². The highest BCUT2D eigenvalue weighted by molar-refractivity contribution is 4.89. The number of likely N-dealkylation sites (N-methyl/N-ethyl adjacent to an activating group) is 2. The average molecular weight is 214 g/mol. The van der Waals surface area contributed by atoms with Crippen molar-refractivity contribution in [1.82, 2.24) is 9.80 Å². The molecule has 2 heterocycles. The average Bonchev–Trinajstić information content (AvgIpc) is 2.74. The van der Waals surface area contributed by atoms with Crippen molar-refractivity contribution >= 4 is 0 Å². The monoisotopic (exact) mass is 214 g/mol. The third kappa shape index (κ3) is 2.50. The molecule has 2 aliphatic heterocycles. The predicted octanol–water partition coefficient (Wildman–Crippen LogP) is -0.370. The van der Waals surface area contributed by atoms with Crippen LogP contribution in [0.3, 0.4) is 0 Å². The van der Waals surface area contributed by atoms with Crippen LogP contribution in [-0.4, -0.2) is 74.0 Å². The molecule has 0 spiro atoms. The van der Waals surface area contributed by atoms with Crippen LogP contribution in [0.4, 0.5) is 0 Å². The van der Waals surface area contributed by atoms with Gasteiger partial charge >= 0.3 is 0 Å². The van der Waals surface area contributed by atoms with Crippen LogP contribution in [0.25, 0.3) is 0 Å². The first-order chi connectivity index (χ1) is 7.18. The largest absolute Gasteiger partial charge is 0.391 e. The third-order valence-corrected chi connectivity index (χ3v) is 3.74. The Morgan fingerprint density at radius 2 is 2.13 bits per heavy atom. The number of piperazine rings is 1. The standard InChI is InChI=1S/C11H22N2O2/c1-12-4-5-13(2)10(7-12)11(14)9-3-6-15-8-9/h9-11,14H,3-8H2,1-2H3. The maximum absolute atomic E-state index is 10.3. The number of rotatable bonds is 2. The third-order valence-electron chi connectivity index (χ3n) is 3.74. The van der Waals surface area contributed by atoms with Gasteiger partial charge in [-0.3, -0.25) is 4.90 Å². The molecule has 2 aliphatic rings. The van der Waals surface area contributed by atoms with Crippen molar-refractivity contribution in [3.8, 4) is 0 Å². The number of aliphatic hydroxyl groups excluding tert-OH is 1. The topological polar surface area (TPSA) is 35.9 Å². The summed E-state index contributed by atoms with van der Waals surface area (Å²) < 4.78 is 5.34. The fourth-order valence-electron chi connectivity index (χ4n) is 2.55. The van der Waals surface area contributed by atoms with Gasteiger partial charge in [-0.15, -0.1) is 0 Å². The summed E-state index contributed by atoms with van der Waals surface area (Å²) in [5, 5.41) is 10.3. The Morgan fingerprint density at radius 3 is 2.80 bits per heavy atom. The minimum atomic E-state index is -0.236. The molecule has 0 bridgehead atoms. The van der Waals surface area contributed by atoms with Gasteiger partial charge < -0.3 is 14.7 Å². The fourth-order valence-corrected chi connectivity index (χ4v) is 2.55. The Morgan fingerprint density at radius 1 is 1.33 bits per heavy atom. The first-order valence-electron chi connectivity index (χ1n) is 5.83. The van der Waals surface area contributed by atoms with Crippen molar-refractivity contribution in [2.24, 2.45) is 5.92 Å². The second-order valence-electron chi connectivity index (χ2n) is 4.92. The van der Waals surface area contributed by atoms with Crippen LogP contribution in [-0.2, 0) is 4.74 Å². The molecule has 0 amide bonds. The summed E-state index contributed by atoms with van der Waals surface area (Å²) in [6.07, 6.45) is 0.773. The molecule has 15 heavy (non-hydrogen) atoms. The quantitative estimate of drug-likeness (QED) is 0.680. The van der Waals surface area contributed by atoms with Gasteiger partial charge in [0.25, 0.3) is 0 Å². The van der Waals surface area contributed by atoms with Crippen LogP contribution in [0.15, 0.2) is 0 Å². The fraction of sp³-hybridized carbons (Fsp3) is 1.00. The number of aliphatic hydroxyl groups is 1. The zero-order valence-electron chi connectivity index (χ0n) is 9.72. The van der Waals surface area contributed by atoms with Crippen molar-refractivity contribution in [3.63, 3.8) is 0 Å². The van der Waals surface area contributed by atoms with Crippen LogP contribution in [0.2, 0.25) is 0 Å². The van der Waals surface area contributed by atoms with Crippen LogP contribution in [0.5, 0.6) is 0 Å². The molecule has 0 radical (unpaired) electrons. The van der Waals surface area contributed by atoms with Crippen LogP contribution in [0.1, 0.15) is 6.42 Å². The minimum absolute atomic E-state index is 0.236. The predicted molar refractivity (Wildman–Crippen MR) is 58.8 cm³/mol. The van der Waals surface area contributed by atoms with Gasteiger partial charge in [-0.2, -0.15) is 0 Å². The van der Waals surface area contributed by atoms with Crippen molar-refractivity contribution < 1.29 is 9.84 Å². The Bertz CT molecular complexity index is 207. The van der Waals surface area contributed by atoms with Gasteiger partial charge in [0.1, 0.15) is 0 Å². The SMILES string of the molecule is CN1CCN(C)C(C(O)C2CCOC2)C1. The van der Waals surface area contributed by atoms with Crippen molar-refractivity contribution in [2.75, 3.05) is 46.9 Å². The van der Waals surface area contributed by atoms with Crippen LogP contribution in [0, 0.1) is 5.92 Å². The van der Waals surface area contributed by atoms with E-state index in [1.807, 2.05) is 0 Å². The summed E-state index contributed by atoms with van der Waals surface area (Å²) >= 11 is 0. The van der Waals surface area contributed by atoms with Gasteiger partial charge in [0.15, 0.2) is 0 Å². The van der Waals surface area contributed by atoms with E-state index >= 15 is 0 Å². The Kier molecular flexibility index (Phi) is 3.61. The molecule has 88 valence electrons. The van der Waals surface area contributed by atoms with E-state index in [9.17, 15) is 5.11 Å². The molecule has 0 aromatic carbocycles. The van der Waals surface area contributed by atoms with Gasteiger partial charge in [-0.25, -0.2) is 0 Å². The molecule has 4 heteroatoms. The molecule has 0 aromatic heterocycles. The highest BCUT2D eigenvalue weighted by Gasteiger charge is 2.35. The molecule has 3 atom stereocenters. The summed E-state index contributed by atoms with van der Waals surface area (Å²) in [7, 11) is 4.23. The Hall–Kier alpha value is -0.160. The summed E-state index contributed by atoms with van der Waals surface area (Å²) in [5.41, 5.74) is 0. The lowest BCUT2D eigenvalue weighted by Gasteiger charge is -2.41. The molecule has 2 saturated heterocycles. The number of nitrogens with zero attached hydrogens (tertiary/aromatic N) is 2. The second kappa shape index (κ2) is 4.78. The maximum Gasteiger partial charge on any atom is 0.0758 e. The van der Waals surface area contributed by atoms with Gasteiger partial charge in [0, 0.05) is 38.2 Å². The van der Waals surface area contributed by atoms with E-state index in [1.165, 1.54) is 0 Å². The second-order valence-corrected chi connectivity index (χ2v) is 4.92. The van der Waals surface area contributed by atoms with E-state index < -0.39 is 0 Å². The zero-order chi connectivity index (χ0) is 10.8. The molecule has 0 saturated carbocycles. The number of hydrogen-bond donors (Lipinski definition) is 1. The molecule has 2 fully saturated rings. The smallest absolute Gasteiger partial charge is 0.0758 e. The van der Waals surface area contributed by atoms with Crippen LogP contribution >= 0.6 is 0 Å². The summed E-state index contributed by atoms with van der Waals surface area (Å²) in [6.45, 7) is 4.66. The lowest BCUT2D eigenvalue weighted by atomic mass is 9.93. The lowest BCUT2D eigenvalue weighted by Crippen LogP contribution is -2.56. The van der Waals surface area contributed by atoms with Crippen molar-refractivity contribution in [1.29, 1.82) is 0 Å². The number of ether oxygens (including phenoxy) is 1. The highest BCUT2D eigenvalue weighted by atomic mass is 16.5. The first kappa shape index (κ1) is 11.3.